The van der Waals surface area contributed by atoms with E-state index in [1.807, 2.05) is 28.7 Å². The number of hydrogen-bond acceptors (Lipinski definition) is 3. The molecule has 0 bridgehead atoms. The molecule has 0 atom stereocenters. The second-order valence-electron chi connectivity index (χ2n) is 6.27. The number of guanidine groups is 1. The number of nitrogens with zero attached hydrogens (tertiary/aromatic N) is 3. The molecule has 0 spiro atoms. The van der Waals surface area contributed by atoms with Crippen LogP contribution in [0.2, 0.25) is 0 Å². The second kappa shape index (κ2) is 10.7. The summed E-state index contributed by atoms with van der Waals surface area (Å²) in [7, 11) is 1.80. The molecule has 0 fully saturated rings. The first-order valence-corrected chi connectivity index (χ1v) is 9.30. The molecule has 5 nitrogen and oxygen atoms in total. The lowest BCUT2D eigenvalue weighted by molar-refractivity contribution is 0.664. The Balaban J connectivity index is 0.00000312. The number of hydrogen-bond donors (Lipinski definition) is 2. The Morgan fingerprint density at radius 3 is 2.64 bits per heavy atom. The summed E-state index contributed by atoms with van der Waals surface area (Å²) in [5.41, 5.74) is 2.47. The Bertz CT molecular complexity index is 655. The summed E-state index contributed by atoms with van der Waals surface area (Å²) in [5, 5.41) is 11.0. The van der Waals surface area contributed by atoms with Crippen LogP contribution in [0.5, 0.6) is 0 Å². The maximum absolute atomic E-state index is 4.29. The minimum atomic E-state index is 0. The fourth-order valence-corrected chi connectivity index (χ4v) is 2.41. The topological polar surface area (TPSA) is 54.2 Å². The van der Waals surface area contributed by atoms with Gasteiger partial charge in [-0.05, 0) is 37.3 Å². The van der Waals surface area contributed by atoms with Crippen molar-refractivity contribution in [3.05, 3.63) is 53.9 Å². The minimum Gasteiger partial charge on any atom is -0.355 e. The van der Waals surface area contributed by atoms with Crippen molar-refractivity contribution in [3.8, 4) is 0 Å². The van der Waals surface area contributed by atoms with E-state index < -0.39 is 0 Å². The van der Waals surface area contributed by atoms with Crippen LogP contribution in [0.1, 0.15) is 25.0 Å². The molecule has 0 aliphatic heterocycles. The van der Waals surface area contributed by atoms with Crippen LogP contribution >= 0.6 is 35.7 Å². The zero-order valence-electron chi connectivity index (χ0n) is 15.3. The Morgan fingerprint density at radius 2 is 2.00 bits per heavy atom. The summed E-state index contributed by atoms with van der Waals surface area (Å²) in [6, 6.07) is 10.5. The summed E-state index contributed by atoms with van der Waals surface area (Å²) < 4.78 is 2.11. The molecule has 7 heteroatoms. The van der Waals surface area contributed by atoms with Gasteiger partial charge in [0.05, 0.1) is 6.54 Å². The van der Waals surface area contributed by atoms with Crippen LogP contribution in [-0.4, -0.2) is 40.3 Å². The van der Waals surface area contributed by atoms with E-state index in [9.17, 15) is 0 Å². The molecule has 0 aliphatic rings. The van der Waals surface area contributed by atoms with Crippen molar-refractivity contribution in [3.63, 3.8) is 0 Å². The molecule has 1 heterocycles. The number of benzene rings is 1. The lowest BCUT2D eigenvalue weighted by atomic mass is 10.1. The summed E-state index contributed by atoms with van der Waals surface area (Å²) in [4.78, 5) is 4.29. The van der Waals surface area contributed by atoms with Gasteiger partial charge < -0.3 is 10.6 Å². The first-order valence-electron chi connectivity index (χ1n) is 8.07. The van der Waals surface area contributed by atoms with Crippen LogP contribution in [0.25, 0.3) is 0 Å². The molecule has 0 amide bonds. The predicted octanol–water partition coefficient (Wildman–Crippen LogP) is 3.36. The monoisotopic (exact) mass is 473 g/mol. The van der Waals surface area contributed by atoms with Crippen LogP contribution in [0.4, 0.5) is 0 Å². The average Bonchev–Trinajstić information content (AvgIpc) is 3.08. The van der Waals surface area contributed by atoms with Gasteiger partial charge in [-0.15, -0.1) is 24.0 Å². The Kier molecular flexibility index (Phi) is 9.34. The molecule has 2 rings (SSSR count). The van der Waals surface area contributed by atoms with Gasteiger partial charge in [0.15, 0.2) is 5.96 Å². The van der Waals surface area contributed by atoms with Crippen LogP contribution in [-0.2, 0) is 13.1 Å². The largest absolute Gasteiger partial charge is 0.355 e. The number of nitrogens with one attached hydrogen (secondary N) is 2. The third-order valence-corrected chi connectivity index (χ3v) is 5.06. The van der Waals surface area contributed by atoms with E-state index >= 15 is 0 Å². The highest BCUT2D eigenvalue weighted by molar-refractivity contribution is 14.0. The molecule has 0 unspecified atom stereocenters. The van der Waals surface area contributed by atoms with Crippen LogP contribution in [0.3, 0.4) is 0 Å². The van der Waals surface area contributed by atoms with Crippen molar-refractivity contribution in [2.75, 3.05) is 19.8 Å². The molecule has 0 saturated heterocycles. The molecule has 0 radical (unpaired) electrons. The highest BCUT2D eigenvalue weighted by Gasteiger charge is 2.15. The molecule has 0 aliphatic carbocycles. The van der Waals surface area contributed by atoms with E-state index in [1.165, 1.54) is 11.1 Å². The number of aromatic nitrogens is 2. The maximum atomic E-state index is 4.29. The van der Waals surface area contributed by atoms with Crippen molar-refractivity contribution >= 4 is 41.7 Å². The predicted molar refractivity (Wildman–Crippen MR) is 119 cm³/mol. The van der Waals surface area contributed by atoms with Crippen molar-refractivity contribution in [2.45, 2.75) is 31.7 Å². The number of thioether (sulfide) groups is 1. The fourth-order valence-electron chi connectivity index (χ4n) is 2.19. The Hall–Kier alpha value is -1.22. The summed E-state index contributed by atoms with van der Waals surface area (Å²) in [5.74, 6) is 0.828. The zero-order chi connectivity index (χ0) is 17.4. The SMILES string of the molecule is CN=C(NCc1cccc(Cn2cccn2)c1)NCC(C)(C)SC.I. The van der Waals surface area contributed by atoms with E-state index in [4.69, 9.17) is 0 Å². The Labute approximate surface area is 172 Å². The van der Waals surface area contributed by atoms with Gasteiger partial charge >= 0.3 is 0 Å². The number of aliphatic imine (C=N–C) groups is 1. The van der Waals surface area contributed by atoms with E-state index in [1.54, 1.807) is 13.2 Å². The van der Waals surface area contributed by atoms with Crippen molar-refractivity contribution in [1.29, 1.82) is 0 Å². The highest BCUT2D eigenvalue weighted by atomic mass is 127. The summed E-state index contributed by atoms with van der Waals surface area (Å²) in [6.45, 7) is 6.84. The van der Waals surface area contributed by atoms with E-state index in [0.29, 0.717) is 0 Å². The normalized spacial score (nSPS) is 11.8. The fraction of sp³-hybridized carbons (Fsp3) is 0.444. The van der Waals surface area contributed by atoms with Gasteiger partial charge in [0.1, 0.15) is 0 Å². The van der Waals surface area contributed by atoms with Gasteiger partial charge in [-0.25, -0.2) is 0 Å². The highest BCUT2D eigenvalue weighted by Crippen LogP contribution is 2.19. The van der Waals surface area contributed by atoms with Crippen LogP contribution in [0, 0.1) is 0 Å². The van der Waals surface area contributed by atoms with Crippen molar-refractivity contribution in [1.82, 2.24) is 20.4 Å². The summed E-state index contributed by atoms with van der Waals surface area (Å²) >= 11 is 1.84. The average molecular weight is 473 g/mol. The maximum Gasteiger partial charge on any atom is 0.191 e. The standard InChI is InChI=1S/C18H27N5S.HI/c1-18(2,24-4)14-21-17(19-3)20-12-15-7-5-8-16(11-15)13-23-10-6-9-22-23;/h5-11H,12-14H2,1-4H3,(H2,19,20,21);1H. The summed E-state index contributed by atoms with van der Waals surface area (Å²) in [6.07, 6.45) is 5.91. The smallest absolute Gasteiger partial charge is 0.191 e. The van der Waals surface area contributed by atoms with Crippen LogP contribution in [0.15, 0.2) is 47.7 Å². The molecular weight excluding hydrogens is 445 g/mol. The van der Waals surface area contributed by atoms with E-state index in [-0.39, 0.29) is 28.7 Å². The quantitative estimate of drug-likeness (QED) is 0.368. The molecule has 1 aromatic carbocycles. The van der Waals surface area contributed by atoms with Gasteiger partial charge in [-0.2, -0.15) is 16.9 Å². The molecular formula is C18H28IN5S. The van der Waals surface area contributed by atoms with Gasteiger partial charge in [0, 0.05) is 37.3 Å². The third-order valence-electron chi connectivity index (χ3n) is 3.81. The van der Waals surface area contributed by atoms with Crippen molar-refractivity contribution in [2.24, 2.45) is 4.99 Å². The molecule has 0 saturated carbocycles. The number of halogens is 1. The van der Waals surface area contributed by atoms with E-state index in [0.717, 1.165) is 25.6 Å². The molecule has 2 aromatic rings. The van der Waals surface area contributed by atoms with Gasteiger partial charge in [0.2, 0.25) is 0 Å². The molecule has 2 N–H and O–H groups in total. The second-order valence-corrected chi connectivity index (χ2v) is 7.78. The van der Waals surface area contributed by atoms with Crippen LogP contribution < -0.4 is 10.6 Å². The lowest BCUT2D eigenvalue weighted by Gasteiger charge is -2.23. The third kappa shape index (κ3) is 7.68. The molecule has 138 valence electrons. The molecule has 1 aromatic heterocycles. The first-order chi connectivity index (χ1) is 11.5. The van der Waals surface area contributed by atoms with Gasteiger partial charge in [-0.1, -0.05) is 24.3 Å². The lowest BCUT2D eigenvalue weighted by Crippen LogP contribution is -2.42. The zero-order valence-corrected chi connectivity index (χ0v) is 18.5. The Morgan fingerprint density at radius 1 is 1.24 bits per heavy atom. The first kappa shape index (κ1) is 21.8. The van der Waals surface area contributed by atoms with Crippen molar-refractivity contribution < 1.29 is 0 Å². The van der Waals surface area contributed by atoms with Gasteiger partial charge in [-0.3, -0.25) is 9.67 Å². The van der Waals surface area contributed by atoms with E-state index in [2.05, 4.69) is 65.1 Å². The minimum absolute atomic E-state index is 0. The van der Waals surface area contributed by atoms with Gasteiger partial charge in [0.25, 0.3) is 0 Å². The number of rotatable bonds is 7. The molecule has 25 heavy (non-hydrogen) atoms.